The van der Waals surface area contributed by atoms with E-state index in [-0.39, 0.29) is 12.1 Å². The van der Waals surface area contributed by atoms with Crippen molar-refractivity contribution in [1.82, 2.24) is 25.4 Å². The van der Waals surface area contributed by atoms with Gasteiger partial charge >= 0.3 is 6.03 Å². The molecule has 30 heavy (non-hydrogen) atoms. The molecule has 1 atom stereocenters. The molecular weight excluding hydrogens is 382 g/mol. The minimum Gasteiger partial charge on any atom is -0.382 e. The maximum atomic E-state index is 12.5. The second kappa shape index (κ2) is 9.10. The van der Waals surface area contributed by atoms with E-state index in [1.54, 1.807) is 19.4 Å². The number of carbonyl (C=O) groups is 1. The number of nitrogens with one attached hydrogen (secondary N) is 3. The Morgan fingerprint density at radius 3 is 2.73 bits per heavy atom. The van der Waals surface area contributed by atoms with Crippen molar-refractivity contribution in [2.75, 3.05) is 57.2 Å². The van der Waals surface area contributed by atoms with Crippen LogP contribution in [-0.4, -0.2) is 73.1 Å². The average Bonchev–Trinajstić information content (AvgIpc) is 3.18. The molecule has 3 N–H and O–H groups in total. The van der Waals surface area contributed by atoms with Crippen LogP contribution in [0.3, 0.4) is 0 Å². The van der Waals surface area contributed by atoms with E-state index in [1.807, 2.05) is 30.3 Å². The predicted molar refractivity (Wildman–Crippen MR) is 117 cm³/mol. The molecule has 3 heterocycles. The molecule has 1 fully saturated rings. The van der Waals surface area contributed by atoms with Crippen LogP contribution in [0.5, 0.6) is 0 Å². The third-order valence-electron chi connectivity index (χ3n) is 5.31. The number of urea groups is 1. The van der Waals surface area contributed by atoms with Crippen LogP contribution in [-0.2, 0) is 4.74 Å². The Balaban J connectivity index is 1.44. The number of aromatic nitrogens is 3. The van der Waals surface area contributed by atoms with Crippen LogP contribution in [0, 0.1) is 0 Å². The lowest BCUT2D eigenvalue weighted by molar-refractivity contribution is 0.168. The zero-order valence-corrected chi connectivity index (χ0v) is 17.3. The molecule has 0 bridgehead atoms. The molecule has 1 unspecified atom stereocenters. The quantitative estimate of drug-likeness (QED) is 0.578. The van der Waals surface area contributed by atoms with Gasteiger partial charge in [-0.15, -0.1) is 0 Å². The van der Waals surface area contributed by atoms with Gasteiger partial charge in [0.05, 0.1) is 23.6 Å². The minimum absolute atomic E-state index is 0.254. The maximum absolute atomic E-state index is 12.5. The lowest BCUT2D eigenvalue weighted by Crippen LogP contribution is -2.44. The molecule has 1 aromatic carbocycles. The molecule has 1 saturated heterocycles. The number of hydrogen-bond donors (Lipinski definition) is 3. The highest BCUT2D eigenvalue weighted by Crippen LogP contribution is 2.25. The summed E-state index contributed by atoms with van der Waals surface area (Å²) in [5, 5.41) is 14.2. The third-order valence-corrected chi connectivity index (χ3v) is 5.31. The minimum atomic E-state index is -0.341. The Morgan fingerprint density at radius 1 is 1.23 bits per heavy atom. The van der Waals surface area contributed by atoms with Gasteiger partial charge in [0.25, 0.3) is 0 Å². The molecule has 2 amide bonds. The molecule has 0 radical (unpaired) electrons. The van der Waals surface area contributed by atoms with Crippen molar-refractivity contribution in [2.45, 2.75) is 6.04 Å². The number of hydrogen-bond acceptors (Lipinski definition) is 6. The highest BCUT2D eigenvalue weighted by Gasteiger charge is 2.20. The van der Waals surface area contributed by atoms with E-state index in [1.165, 1.54) is 0 Å². The van der Waals surface area contributed by atoms with Gasteiger partial charge in [-0.2, -0.15) is 5.10 Å². The van der Waals surface area contributed by atoms with Gasteiger partial charge in [-0.3, -0.25) is 10.4 Å². The molecule has 2 aromatic heterocycles. The Morgan fingerprint density at radius 2 is 2.00 bits per heavy atom. The first-order chi connectivity index (χ1) is 14.6. The Kier molecular flexibility index (Phi) is 6.10. The average molecular weight is 409 g/mol. The standard InChI is InChI=1S/C21H27N7O2/c1-27-8-10-28(11-9-27)20-16-13-22-19(12-17(16)25-26-20)24-21(29)23-18(14-30-2)15-6-4-3-5-7-15/h3-7,12-13,18H,8-11,14H2,1-2H3,(H,25,26)(H2,22,23,24,29). The van der Waals surface area contributed by atoms with Crippen LogP contribution in [0.25, 0.3) is 10.9 Å². The van der Waals surface area contributed by atoms with Gasteiger partial charge in [0.15, 0.2) is 5.82 Å². The molecule has 0 saturated carbocycles. The third kappa shape index (κ3) is 4.52. The van der Waals surface area contributed by atoms with Gasteiger partial charge in [-0.25, -0.2) is 9.78 Å². The molecule has 1 aliphatic rings. The summed E-state index contributed by atoms with van der Waals surface area (Å²) in [6, 6.07) is 10.9. The number of nitrogens with zero attached hydrogens (tertiary/aromatic N) is 4. The first-order valence-corrected chi connectivity index (χ1v) is 10.0. The summed E-state index contributed by atoms with van der Waals surface area (Å²) in [4.78, 5) is 21.5. The fourth-order valence-corrected chi connectivity index (χ4v) is 3.61. The van der Waals surface area contributed by atoms with E-state index >= 15 is 0 Å². The smallest absolute Gasteiger partial charge is 0.320 e. The normalized spacial score (nSPS) is 15.9. The van der Waals surface area contributed by atoms with Crippen molar-refractivity contribution < 1.29 is 9.53 Å². The number of amides is 2. The number of likely N-dealkylation sites (N-methyl/N-ethyl adjacent to an activating group) is 1. The number of H-pyrrole nitrogens is 1. The summed E-state index contributed by atoms with van der Waals surface area (Å²) >= 11 is 0. The van der Waals surface area contributed by atoms with Crippen molar-refractivity contribution in [1.29, 1.82) is 0 Å². The second-order valence-corrected chi connectivity index (χ2v) is 7.47. The molecule has 158 valence electrons. The molecule has 0 aliphatic carbocycles. The number of rotatable bonds is 6. The topological polar surface area (TPSA) is 98.4 Å². The zero-order valence-electron chi connectivity index (χ0n) is 17.3. The summed E-state index contributed by atoms with van der Waals surface area (Å²) in [6.45, 7) is 4.24. The summed E-state index contributed by atoms with van der Waals surface area (Å²) in [6.07, 6.45) is 1.76. The summed E-state index contributed by atoms with van der Waals surface area (Å²) in [5.74, 6) is 1.36. The predicted octanol–water partition coefficient (Wildman–Crippen LogP) is 2.22. The van der Waals surface area contributed by atoms with Crippen LogP contribution in [0.4, 0.5) is 16.4 Å². The summed E-state index contributed by atoms with van der Waals surface area (Å²) in [5.41, 5.74) is 1.81. The van der Waals surface area contributed by atoms with Crippen LogP contribution in [0.1, 0.15) is 11.6 Å². The van der Waals surface area contributed by atoms with E-state index in [9.17, 15) is 4.79 Å². The number of pyridine rings is 1. The van der Waals surface area contributed by atoms with Gasteiger partial charge in [-0.05, 0) is 12.6 Å². The van der Waals surface area contributed by atoms with Crippen molar-refractivity contribution in [3.8, 4) is 0 Å². The van der Waals surface area contributed by atoms with Crippen molar-refractivity contribution in [3.05, 3.63) is 48.2 Å². The number of benzene rings is 1. The second-order valence-electron chi connectivity index (χ2n) is 7.47. The van der Waals surface area contributed by atoms with Crippen molar-refractivity contribution in [2.24, 2.45) is 0 Å². The molecule has 0 spiro atoms. The monoisotopic (exact) mass is 409 g/mol. The SMILES string of the molecule is COCC(NC(=O)Nc1cc2[nH]nc(N3CCN(C)CC3)c2cn1)c1ccccc1. The van der Waals surface area contributed by atoms with Gasteiger partial charge < -0.3 is 19.9 Å². The number of aromatic amines is 1. The van der Waals surface area contributed by atoms with E-state index in [0.717, 1.165) is 48.5 Å². The number of ether oxygens (including phenoxy) is 1. The Labute approximate surface area is 175 Å². The van der Waals surface area contributed by atoms with E-state index in [2.05, 4.69) is 42.7 Å². The molecule has 9 heteroatoms. The molecular formula is C21H27N7O2. The van der Waals surface area contributed by atoms with Crippen LogP contribution >= 0.6 is 0 Å². The first-order valence-electron chi connectivity index (χ1n) is 10.0. The van der Waals surface area contributed by atoms with E-state index in [0.29, 0.717) is 12.4 Å². The van der Waals surface area contributed by atoms with E-state index in [4.69, 9.17) is 4.74 Å². The number of fused-ring (bicyclic) bond motifs is 1. The maximum Gasteiger partial charge on any atom is 0.320 e. The lowest BCUT2D eigenvalue weighted by atomic mass is 10.1. The highest BCUT2D eigenvalue weighted by atomic mass is 16.5. The summed E-state index contributed by atoms with van der Waals surface area (Å²) in [7, 11) is 3.74. The van der Waals surface area contributed by atoms with Gasteiger partial charge in [-0.1, -0.05) is 30.3 Å². The highest BCUT2D eigenvalue weighted by molar-refractivity contribution is 5.94. The molecule has 3 aromatic rings. The van der Waals surface area contributed by atoms with Gasteiger partial charge in [0.2, 0.25) is 0 Å². The van der Waals surface area contributed by atoms with Gasteiger partial charge in [0.1, 0.15) is 5.82 Å². The van der Waals surface area contributed by atoms with Crippen LogP contribution in [0.2, 0.25) is 0 Å². The number of piperazine rings is 1. The largest absolute Gasteiger partial charge is 0.382 e. The number of anilines is 2. The fourth-order valence-electron chi connectivity index (χ4n) is 3.61. The van der Waals surface area contributed by atoms with Gasteiger partial charge in [0, 0.05) is 45.6 Å². The Hall–Kier alpha value is -3.17. The molecule has 1 aliphatic heterocycles. The number of methoxy groups -OCH3 is 1. The number of carbonyl (C=O) groups excluding carboxylic acids is 1. The summed E-state index contributed by atoms with van der Waals surface area (Å²) < 4.78 is 5.26. The van der Waals surface area contributed by atoms with E-state index < -0.39 is 0 Å². The Bertz CT molecular complexity index is 983. The first kappa shape index (κ1) is 20.1. The lowest BCUT2D eigenvalue weighted by Gasteiger charge is -2.32. The van der Waals surface area contributed by atoms with Crippen molar-refractivity contribution >= 4 is 28.6 Å². The fraction of sp³-hybridized carbons (Fsp3) is 0.381. The van der Waals surface area contributed by atoms with Crippen molar-refractivity contribution in [3.63, 3.8) is 0 Å². The molecule has 4 rings (SSSR count). The van der Waals surface area contributed by atoms with Crippen LogP contribution < -0.4 is 15.5 Å². The zero-order chi connectivity index (χ0) is 20.9. The molecule has 9 nitrogen and oxygen atoms in total. The van der Waals surface area contributed by atoms with Crippen LogP contribution in [0.15, 0.2) is 42.6 Å².